The fraction of sp³-hybridized carbons (Fsp3) is 0.750. The van der Waals surface area contributed by atoms with Crippen LogP contribution in [0.25, 0.3) is 0 Å². The van der Waals surface area contributed by atoms with E-state index < -0.39 is 0 Å². The molecule has 0 N–H and O–H groups in total. The van der Waals surface area contributed by atoms with Crippen LogP contribution in [0.1, 0.15) is 44.1 Å². The molecule has 2 aliphatic heterocycles. The van der Waals surface area contributed by atoms with Gasteiger partial charge in [-0.1, -0.05) is 6.07 Å². The molecule has 4 rings (SSSR count). The molecule has 0 bridgehead atoms. The molecule has 1 amide bonds. The highest BCUT2D eigenvalue weighted by atomic mass is 16.5. The molecule has 0 spiro atoms. The molecule has 0 aromatic heterocycles. The highest BCUT2D eigenvalue weighted by molar-refractivity contribution is 5.76. The maximum absolute atomic E-state index is 13.2. The van der Waals surface area contributed by atoms with Gasteiger partial charge >= 0.3 is 0 Å². The normalized spacial score (nSPS) is 30.0. The number of benzene rings is 1. The van der Waals surface area contributed by atoms with E-state index >= 15 is 0 Å². The molecule has 1 saturated carbocycles. The zero-order valence-electron chi connectivity index (χ0n) is 22.0. The average Bonchev–Trinajstić information content (AvgIpc) is 3.04. The minimum Gasteiger partial charge on any atom is -0.493 e. The second-order valence-corrected chi connectivity index (χ2v) is 10.6. The Bertz CT molecular complexity index is 834. The summed E-state index contributed by atoms with van der Waals surface area (Å²) in [5, 5.41) is 0. The molecular weight excluding hydrogens is 444 g/mol. The van der Waals surface area contributed by atoms with Crippen molar-refractivity contribution < 1.29 is 23.7 Å². The first-order valence-corrected chi connectivity index (χ1v) is 13.3. The van der Waals surface area contributed by atoms with Crippen LogP contribution in [0.4, 0.5) is 0 Å². The molecule has 1 aromatic rings. The highest BCUT2D eigenvalue weighted by Crippen LogP contribution is 2.39. The molecule has 5 atom stereocenters. The summed E-state index contributed by atoms with van der Waals surface area (Å²) in [5.41, 5.74) is 1.26. The van der Waals surface area contributed by atoms with Crippen LogP contribution >= 0.6 is 0 Å². The van der Waals surface area contributed by atoms with E-state index in [4.69, 9.17) is 18.9 Å². The largest absolute Gasteiger partial charge is 0.493 e. The molecule has 196 valence electrons. The SMILES string of the molecule is COc1ccc(CCN2CCCC(CN3CCC4C[C@H](OC)C(OC)CC4CC3=O)C2)cc1OC. The monoisotopic (exact) mass is 488 g/mol. The predicted octanol–water partition coefficient (Wildman–Crippen LogP) is 3.64. The van der Waals surface area contributed by atoms with Crippen molar-refractivity contribution in [2.45, 2.75) is 57.2 Å². The first-order chi connectivity index (χ1) is 17.0. The number of likely N-dealkylation sites (tertiary alicyclic amines) is 2. The maximum atomic E-state index is 13.2. The fourth-order valence-electron chi connectivity index (χ4n) is 6.52. The van der Waals surface area contributed by atoms with Gasteiger partial charge in [0.15, 0.2) is 11.5 Å². The maximum Gasteiger partial charge on any atom is 0.222 e. The summed E-state index contributed by atoms with van der Waals surface area (Å²) in [6.45, 7) is 5.02. The van der Waals surface area contributed by atoms with Crippen molar-refractivity contribution >= 4 is 5.91 Å². The quantitative estimate of drug-likeness (QED) is 0.529. The summed E-state index contributed by atoms with van der Waals surface area (Å²) >= 11 is 0. The second kappa shape index (κ2) is 12.4. The zero-order valence-corrected chi connectivity index (χ0v) is 22.0. The van der Waals surface area contributed by atoms with Gasteiger partial charge in [-0.05, 0) is 80.5 Å². The number of ether oxygens (including phenoxy) is 4. The van der Waals surface area contributed by atoms with Crippen molar-refractivity contribution in [3.05, 3.63) is 23.8 Å². The van der Waals surface area contributed by atoms with Crippen LogP contribution in [0, 0.1) is 17.8 Å². The number of carbonyl (C=O) groups is 1. The number of rotatable bonds is 9. The van der Waals surface area contributed by atoms with Gasteiger partial charge in [0.25, 0.3) is 0 Å². The first-order valence-electron chi connectivity index (χ1n) is 13.3. The smallest absolute Gasteiger partial charge is 0.222 e. The van der Waals surface area contributed by atoms with Crippen molar-refractivity contribution in [3.63, 3.8) is 0 Å². The fourth-order valence-corrected chi connectivity index (χ4v) is 6.52. The lowest BCUT2D eigenvalue weighted by molar-refractivity contribution is -0.133. The number of piperidine rings is 1. The molecule has 35 heavy (non-hydrogen) atoms. The van der Waals surface area contributed by atoms with Gasteiger partial charge in [0.1, 0.15) is 0 Å². The van der Waals surface area contributed by atoms with E-state index in [9.17, 15) is 4.79 Å². The molecule has 1 aliphatic carbocycles. The van der Waals surface area contributed by atoms with E-state index in [-0.39, 0.29) is 12.2 Å². The van der Waals surface area contributed by atoms with E-state index in [0.717, 1.165) is 69.9 Å². The number of carbonyl (C=O) groups excluding carboxylic acids is 1. The third-order valence-corrected chi connectivity index (χ3v) is 8.56. The highest BCUT2D eigenvalue weighted by Gasteiger charge is 2.41. The van der Waals surface area contributed by atoms with Gasteiger partial charge in [-0.25, -0.2) is 0 Å². The molecular formula is C28H44N2O5. The van der Waals surface area contributed by atoms with Crippen molar-refractivity contribution in [2.75, 3.05) is 61.2 Å². The molecule has 3 fully saturated rings. The average molecular weight is 489 g/mol. The molecule has 0 radical (unpaired) electrons. The van der Waals surface area contributed by atoms with Crippen LogP contribution in [0.3, 0.4) is 0 Å². The van der Waals surface area contributed by atoms with E-state index in [0.29, 0.717) is 30.1 Å². The Balaban J connectivity index is 1.29. The molecule has 1 aromatic carbocycles. The minimum atomic E-state index is 0.109. The predicted molar refractivity (Wildman–Crippen MR) is 136 cm³/mol. The second-order valence-electron chi connectivity index (χ2n) is 10.6. The van der Waals surface area contributed by atoms with Gasteiger partial charge < -0.3 is 28.7 Å². The van der Waals surface area contributed by atoms with Crippen molar-refractivity contribution in [3.8, 4) is 11.5 Å². The van der Waals surface area contributed by atoms with E-state index in [1.807, 2.05) is 6.07 Å². The van der Waals surface area contributed by atoms with Crippen molar-refractivity contribution in [2.24, 2.45) is 17.8 Å². The Labute approximate surface area is 211 Å². The first kappa shape index (κ1) is 26.2. The standard InChI is InChI=1S/C28H44N2O5/c1-32-24-8-7-20(14-25(24)33-2)9-12-29-11-5-6-21(18-29)19-30-13-10-22-15-26(34-3)27(35-4)16-23(22)17-28(30)31/h7-8,14,21-23,26-27H,5-6,9-13,15-19H2,1-4H3/t21?,22?,23?,26-,27?/m0/s1. The summed E-state index contributed by atoms with van der Waals surface area (Å²) in [7, 11) is 6.90. The van der Waals surface area contributed by atoms with Crippen LogP contribution in [0.15, 0.2) is 18.2 Å². The van der Waals surface area contributed by atoms with Gasteiger partial charge in [-0.2, -0.15) is 0 Å². The van der Waals surface area contributed by atoms with Gasteiger partial charge in [-0.15, -0.1) is 0 Å². The summed E-state index contributed by atoms with van der Waals surface area (Å²) < 4.78 is 22.2. The van der Waals surface area contributed by atoms with Gasteiger partial charge in [0, 0.05) is 46.8 Å². The molecule has 2 saturated heterocycles. The summed E-state index contributed by atoms with van der Waals surface area (Å²) in [6, 6.07) is 6.19. The Hall–Kier alpha value is -1.83. The van der Waals surface area contributed by atoms with Crippen molar-refractivity contribution in [1.82, 2.24) is 9.80 Å². The molecule has 3 aliphatic rings. The Kier molecular flexibility index (Phi) is 9.31. The van der Waals surface area contributed by atoms with Crippen LogP contribution < -0.4 is 9.47 Å². The summed E-state index contributed by atoms with van der Waals surface area (Å²) in [5.74, 6) is 3.43. The Morgan fingerprint density at radius 1 is 0.914 bits per heavy atom. The topological polar surface area (TPSA) is 60.5 Å². The lowest BCUT2D eigenvalue weighted by Gasteiger charge is -2.39. The molecule has 7 nitrogen and oxygen atoms in total. The number of hydrogen-bond acceptors (Lipinski definition) is 6. The number of fused-ring (bicyclic) bond motifs is 1. The van der Waals surface area contributed by atoms with E-state index in [1.165, 1.54) is 18.4 Å². The zero-order chi connectivity index (χ0) is 24.8. The Morgan fingerprint density at radius 3 is 2.37 bits per heavy atom. The van der Waals surface area contributed by atoms with Crippen molar-refractivity contribution in [1.29, 1.82) is 0 Å². The van der Waals surface area contributed by atoms with Crippen LogP contribution in [-0.2, 0) is 20.7 Å². The third-order valence-electron chi connectivity index (χ3n) is 8.56. The lowest BCUT2D eigenvalue weighted by atomic mass is 9.74. The number of nitrogens with zero attached hydrogens (tertiary/aromatic N) is 2. The number of methoxy groups -OCH3 is 4. The molecule has 4 unspecified atom stereocenters. The van der Waals surface area contributed by atoms with Gasteiger partial charge in [0.2, 0.25) is 5.91 Å². The molecule has 2 heterocycles. The lowest BCUT2D eigenvalue weighted by Crippen LogP contribution is -2.43. The van der Waals surface area contributed by atoms with E-state index in [2.05, 4.69) is 21.9 Å². The van der Waals surface area contributed by atoms with Gasteiger partial charge in [-0.3, -0.25) is 4.79 Å². The Morgan fingerprint density at radius 2 is 1.66 bits per heavy atom. The van der Waals surface area contributed by atoms with E-state index in [1.54, 1.807) is 28.4 Å². The summed E-state index contributed by atoms with van der Waals surface area (Å²) in [4.78, 5) is 18.0. The number of hydrogen-bond donors (Lipinski definition) is 0. The summed E-state index contributed by atoms with van der Waals surface area (Å²) in [6.07, 6.45) is 7.36. The van der Waals surface area contributed by atoms with Crippen LogP contribution in [0.5, 0.6) is 11.5 Å². The minimum absolute atomic E-state index is 0.109. The van der Waals surface area contributed by atoms with Crippen LogP contribution in [-0.4, -0.2) is 89.1 Å². The third kappa shape index (κ3) is 6.49. The van der Waals surface area contributed by atoms with Gasteiger partial charge in [0.05, 0.1) is 26.4 Å². The molecule has 7 heteroatoms. The van der Waals surface area contributed by atoms with Crippen LogP contribution in [0.2, 0.25) is 0 Å². The number of amides is 1.